The van der Waals surface area contributed by atoms with Gasteiger partial charge in [-0.25, -0.2) is 0 Å². The van der Waals surface area contributed by atoms with Gasteiger partial charge in [0.1, 0.15) is 0 Å². The van der Waals surface area contributed by atoms with Crippen molar-refractivity contribution in [2.75, 3.05) is 32.7 Å². The Labute approximate surface area is 168 Å². The van der Waals surface area contributed by atoms with E-state index >= 15 is 0 Å². The van der Waals surface area contributed by atoms with Crippen LogP contribution in [0, 0.1) is 5.92 Å². The molecule has 0 radical (unpaired) electrons. The Morgan fingerprint density at radius 2 is 1.96 bits per heavy atom. The van der Waals surface area contributed by atoms with Gasteiger partial charge in [0.2, 0.25) is 5.91 Å². The van der Waals surface area contributed by atoms with Gasteiger partial charge in [0.25, 0.3) is 0 Å². The van der Waals surface area contributed by atoms with Crippen LogP contribution in [0.15, 0.2) is 6.07 Å². The lowest BCUT2D eigenvalue weighted by Crippen LogP contribution is -2.35. The van der Waals surface area contributed by atoms with Gasteiger partial charge in [-0.3, -0.25) is 14.4 Å². The SMILES string of the molecule is Cl.Cl.O=C1CCCN1CCC1CCN(Cc2cc3n(n2)CCNC3)CC1. The summed E-state index contributed by atoms with van der Waals surface area (Å²) in [4.78, 5) is 16.3. The zero-order chi connectivity index (χ0) is 16.4. The number of carbonyl (C=O) groups is 1. The Kier molecular flexibility index (Phi) is 8.20. The van der Waals surface area contributed by atoms with Gasteiger partial charge >= 0.3 is 0 Å². The summed E-state index contributed by atoms with van der Waals surface area (Å²) in [7, 11) is 0. The van der Waals surface area contributed by atoms with E-state index in [2.05, 4.69) is 25.9 Å². The quantitative estimate of drug-likeness (QED) is 0.817. The van der Waals surface area contributed by atoms with Gasteiger partial charge in [0.15, 0.2) is 0 Å². The summed E-state index contributed by atoms with van der Waals surface area (Å²) < 4.78 is 2.16. The summed E-state index contributed by atoms with van der Waals surface area (Å²) in [5.74, 6) is 1.15. The molecule has 0 aliphatic carbocycles. The Hall–Kier alpha value is -0.820. The lowest BCUT2D eigenvalue weighted by atomic mass is 9.93. The van der Waals surface area contributed by atoms with Crippen molar-refractivity contribution in [3.63, 3.8) is 0 Å². The Morgan fingerprint density at radius 3 is 2.65 bits per heavy atom. The van der Waals surface area contributed by atoms with E-state index in [0.29, 0.717) is 5.91 Å². The van der Waals surface area contributed by atoms with Crippen molar-refractivity contribution in [3.05, 3.63) is 17.5 Å². The molecular formula is C18H31Cl2N5O. The maximum absolute atomic E-state index is 11.7. The number of nitrogens with zero attached hydrogens (tertiary/aromatic N) is 4. The number of piperidine rings is 1. The molecule has 148 valence electrons. The normalized spacial score (nSPS) is 21.2. The van der Waals surface area contributed by atoms with Crippen LogP contribution < -0.4 is 5.32 Å². The van der Waals surface area contributed by atoms with Crippen molar-refractivity contribution in [2.45, 2.75) is 51.7 Å². The van der Waals surface area contributed by atoms with Gasteiger partial charge < -0.3 is 10.2 Å². The number of fused-ring (bicyclic) bond motifs is 1. The fourth-order valence-electron chi connectivity index (χ4n) is 4.27. The third-order valence-electron chi connectivity index (χ3n) is 5.79. The highest BCUT2D eigenvalue weighted by Crippen LogP contribution is 2.23. The molecule has 3 aliphatic rings. The monoisotopic (exact) mass is 403 g/mol. The molecule has 26 heavy (non-hydrogen) atoms. The van der Waals surface area contributed by atoms with Crippen molar-refractivity contribution >= 4 is 30.7 Å². The topological polar surface area (TPSA) is 53.4 Å². The van der Waals surface area contributed by atoms with Crippen LogP contribution in [0.5, 0.6) is 0 Å². The maximum Gasteiger partial charge on any atom is 0.222 e. The minimum absolute atomic E-state index is 0. The van der Waals surface area contributed by atoms with E-state index < -0.39 is 0 Å². The molecule has 0 aromatic carbocycles. The van der Waals surface area contributed by atoms with E-state index in [1.165, 1.54) is 43.7 Å². The van der Waals surface area contributed by atoms with Crippen LogP contribution in [0.2, 0.25) is 0 Å². The summed E-state index contributed by atoms with van der Waals surface area (Å²) in [5, 5.41) is 8.15. The summed E-state index contributed by atoms with van der Waals surface area (Å²) in [6.07, 6.45) is 5.53. The van der Waals surface area contributed by atoms with Crippen LogP contribution in [0.4, 0.5) is 0 Å². The highest BCUT2D eigenvalue weighted by atomic mass is 35.5. The molecule has 0 saturated carbocycles. The number of aromatic nitrogens is 2. The van der Waals surface area contributed by atoms with E-state index in [1.54, 1.807) is 0 Å². The van der Waals surface area contributed by atoms with Gasteiger partial charge in [0.05, 0.1) is 17.9 Å². The molecule has 6 nitrogen and oxygen atoms in total. The predicted octanol–water partition coefficient (Wildman–Crippen LogP) is 2.05. The van der Waals surface area contributed by atoms with Crippen LogP contribution >= 0.6 is 24.8 Å². The lowest BCUT2D eigenvalue weighted by Gasteiger charge is -2.32. The number of amides is 1. The van der Waals surface area contributed by atoms with Gasteiger partial charge in [-0.2, -0.15) is 5.10 Å². The minimum atomic E-state index is 0. The molecule has 1 aromatic heterocycles. The Morgan fingerprint density at radius 1 is 1.15 bits per heavy atom. The second kappa shape index (κ2) is 9.93. The van der Waals surface area contributed by atoms with Crippen LogP contribution in [0.3, 0.4) is 0 Å². The van der Waals surface area contributed by atoms with Crippen molar-refractivity contribution in [1.29, 1.82) is 0 Å². The second-order valence-electron chi connectivity index (χ2n) is 7.52. The molecule has 2 fully saturated rings. The standard InChI is InChI=1S/C18H29N5O.2ClH/c24-18-2-1-7-22(18)10-5-15-3-8-21(9-4-15)14-16-12-17-13-19-6-11-23(17)20-16;;/h12,15,19H,1-11,13-14H2;2*1H. The average molecular weight is 404 g/mol. The number of hydrogen-bond donors (Lipinski definition) is 1. The first-order valence-electron chi connectivity index (χ1n) is 9.54. The third-order valence-corrected chi connectivity index (χ3v) is 5.79. The van der Waals surface area contributed by atoms with Crippen LogP contribution in [-0.2, 0) is 24.4 Å². The molecule has 1 N–H and O–H groups in total. The third kappa shape index (κ3) is 5.12. The molecule has 8 heteroatoms. The second-order valence-corrected chi connectivity index (χ2v) is 7.52. The zero-order valence-electron chi connectivity index (χ0n) is 15.4. The van der Waals surface area contributed by atoms with Gasteiger partial charge in [-0.05, 0) is 50.8 Å². The van der Waals surface area contributed by atoms with E-state index in [1.807, 2.05) is 0 Å². The summed E-state index contributed by atoms with van der Waals surface area (Å²) in [5.41, 5.74) is 2.54. The Balaban J connectivity index is 0.00000121. The van der Waals surface area contributed by atoms with E-state index in [-0.39, 0.29) is 24.8 Å². The number of carbonyl (C=O) groups excluding carboxylic acids is 1. The van der Waals surface area contributed by atoms with Crippen LogP contribution in [-0.4, -0.2) is 58.2 Å². The molecule has 0 unspecified atom stereocenters. The number of hydrogen-bond acceptors (Lipinski definition) is 4. The molecule has 4 heterocycles. The molecule has 0 bridgehead atoms. The van der Waals surface area contributed by atoms with Crippen molar-refractivity contribution in [3.8, 4) is 0 Å². The largest absolute Gasteiger partial charge is 0.343 e. The van der Waals surface area contributed by atoms with Gasteiger partial charge in [-0.1, -0.05) is 0 Å². The highest BCUT2D eigenvalue weighted by molar-refractivity contribution is 5.85. The summed E-state index contributed by atoms with van der Waals surface area (Å²) >= 11 is 0. The average Bonchev–Trinajstić information content (AvgIpc) is 3.19. The fraction of sp³-hybridized carbons (Fsp3) is 0.778. The van der Waals surface area contributed by atoms with Gasteiger partial charge in [-0.15, -0.1) is 24.8 Å². The number of likely N-dealkylation sites (tertiary alicyclic amines) is 2. The molecule has 3 aliphatic heterocycles. The Bertz CT molecular complexity index is 563. The van der Waals surface area contributed by atoms with Crippen LogP contribution in [0.25, 0.3) is 0 Å². The first kappa shape index (κ1) is 21.5. The number of halogens is 2. The summed E-state index contributed by atoms with van der Waals surface area (Å²) in [6, 6.07) is 2.26. The van der Waals surface area contributed by atoms with E-state index in [9.17, 15) is 4.79 Å². The molecule has 1 aromatic rings. The number of rotatable bonds is 5. The highest BCUT2D eigenvalue weighted by Gasteiger charge is 2.24. The first-order valence-corrected chi connectivity index (χ1v) is 9.54. The fourth-order valence-corrected chi connectivity index (χ4v) is 4.27. The molecule has 0 atom stereocenters. The molecule has 0 spiro atoms. The van der Waals surface area contributed by atoms with Crippen molar-refractivity contribution in [2.24, 2.45) is 5.92 Å². The van der Waals surface area contributed by atoms with Crippen molar-refractivity contribution < 1.29 is 4.79 Å². The zero-order valence-corrected chi connectivity index (χ0v) is 17.0. The minimum Gasteiger partial charge on any atom is -0.343 e. The molecule has 1 amide bonds. The molecule has 2 saturated heterocycles. The predicted molar refractivity (Wildman–Crippen MR) is 107 cm³/mol. The lowest BCUT2D eigenvalue weighted by molar-refractivity contribution is -0.127. The van der Waals surface area contributed by atoms with Gasteiger partial charge in [0, 0.05) is 39.1 Å². The smallest absolute Gasteiger partial charge is 0.222 e. The number of nitrogens with one attached hydrogen (secondary N) is 1. The molecular weight excluding hydrogens is 373 g/mol. The van der Waals surface area contributed by atoms with Crippen LogP contribution in [0.1, 0.15) is 43.5 Å². The van der Waals surface area contributed by atoms with E-state index in [4.69, 9.17) is 5.10 Å². The molecule has 4 rings (SSSR count). The first-order chi connectivity index (χ1) is 11.8. The summed E-state index contributed by atoms with van der Waals surface area (Å²) in [6.45, 7) is 8.24. The maximum atomic E-state index is 11.7. The van der Waals surface area contributed by atoms with Crippen molar-refractivity contribution in [1.82, 2.24) is 24.9 Å². The van der Waals surface area contributed by atoms with E-state index in [0.717, 1.165) is 58.0 Å².